The number of methoxy groups -OCH3 is 1. The molecule has 1 heterocycles. The first-order chi connectivity index (χ1) is 7.10. The highest BCUT2D eigenvalue weighted by atomic mass is 79.9. The molecule has 0 spiro atoms. The molecule has 1 aromatic rings. The molecule has 0 aliphatic heterocycles. The second-order valence-electron chi connectivity index (χ2n) is 2.69. The molecular formula is C9H8BrF2NO2. The Morgan fingerprint density at radius 2 is 2.33 bits per heavy atom. The SMILES string of the molecule is COC(=O)c1cnc(C(F)F)cc1CBr. The Morgan fingerprint density at radius 3 is 2.80 bits per heavy atom. The van der Waals surface area contributed by atoms with Gasteiger partial charge in [0.15, 0.2) is 0 Å². The van der Waals surface area contributed by atoms with Crippen molar-refractivity contribution in [2.75, 3.05) is 7.11 Å². The summed E-state index contributed by atoms with van der Waals surface area (Å²) in [5.41, 5.74) is 0.281. The highest BCUT2D eigenvalue weighted by Gasteiger charge is 2.16. The molecule has 0 N–H and O–H groups in total. The summed E-state index contributed by atoms with van der Waals surface area (Å²) in [5.74, 6) is -0.585. The zero-order valence-electron chi connectivity index (χ0n) is 7.84. The molecule has 0 amide bonds. The van der Waals surface area contributed by atoms with Crippen LogP contribution in [-0.4, -0.2) is 18.1 Å². The van der Waals surface area contributed by atoms with E-state index in [2.05, 4.69) is 25.7 Å². The summed E-state index contributed by atoms with van der Waals surface area (Å²) in [4.78, 5) is 14.7. The number of aromatic nitrogens is 1. The van der Waals surface area contributed by atoms with Crippen LogP contribution in [0.2, 0.25) is 0 Å². The summed E-state index contributed by atoms with van der Waals surface area (Å²) < 4.78 is 29.1. The summed E-state index contributed by atoms with van der Waals surface area (Å²) in [7, 11) is 1.22. The van der Waals surface area contributed by atoms with E-state index in [0.29, 0.717) is 10.9 Å². The Balaban J connectivity index is 3.15. The molecular weight excluding hydrogens is 272 g/mol. The molecule has 0 radical (unpaired) electrons. The third-order valence-electron chi connectivity index (χ3n) is 1.78. The van der Waals surface area contributed by atoms with Crippen LogP contribution in [0.25, 0.3) is 0 Å². The van der Waals surface area contributed by atoms with E-state index >= 15 is 0 Å². The van der Waals surface area contributed by atoms with E-state index in [1.165, 1.54) is 13.2 Å². The van der Waals surface area contributed by atoms with E-state index in [1.807, 2.05) is 0 Å². The highest BCUT2D eigenvalue weighted by Crippen LogP contribution is 2.21. The van der Waals surface area contributed by atoms with Crippen molar-refractivity contribution < 1.29 is 18.3 Å². The van der Waals surface area contributed by atoms with E-state index in [1.54, 1.807) is 0 Å². The Bertz CT molecular complexity index is 371. The first-order valence-electron chi connectivity index (χ1n) is 4.01. The average molecular weight is 280 g/mol. The minimum atomic E-state index is -2.64. The minimum Gasteiger partial charge on any atom is -0.465 e. The second kappa shape index (κ2) is 5.16. The molecule has 0 saturated heterocycles. The van der Waals surface area contributed by atoms with Crippen molar-refractivity contribution in [3.8, 4) is 0 Å². The van der Waals surface area contributed by atoms with Crippen LogP contribution in [0.5, 0.6) is 0 Å². The number of nitrogens with zero attached hydrogens (tertiary/aromatic N) is 1. The van der Waals surface area contributed by atoms with Crippen molar-refractivity contribution in [3.05, 3.63) is 29.1 Å². The van der Waals surface area contributed by atoms with Crippen molar-refractivity contribution in [2.45, 2.75) is 11.8 Å². The maximum absolute atomic E-state index is 12.3. The number of alkyl halides is 3. The largest absolute Gasteiger partial charge is 0.465 e. The molecule has 0 aliphatic carbocycles. The monoisotopic (exact) mass is 279 g/mol. The van der Waals surface area contributed by atoms with Crippen LogP contribution in [0.15, 0.2) is 12.3 Å². The summed E-state index contributed by atoms with van der Waals surface area (Å²) in [6, 6.07) is 1.19. The Labute approximate surface area is 93.6 Å². The predicted octanol–water partition coefficient (Wildman–Crippen LogP) is 2.70. The molecule has 0 fully saturated rings. The zero-order valence-corrected chi connectivity index (χ0v) is 9.42. The summed E-state index contributed by atoms with van der Waals surface area (Å²) in [6.45, 7) is 0. The van der Waals surface area contributed by atoms with E-state index in [9.17, 15) is 13.6 Å². The lowest BCUT2D eigenvalue weighted by Gasteiger charge is -2.06. The lowest BCUT2D eigenvalue weighted by Crippen LogP contribution is -2.07. The standard InChI is InChI=1S/C9H8BrF2NO2/c1-15-9(14)6-4-13-7(8(11)12)2-5(6)3-10/h2,4,8H,3H2,1H3. The number of hydrogen-bond donors (Lipinski definition) is 0. The molecule has 1 aromatic heterocycles. The molecule has 0 unspecified atom stereocenters. The van der Waals surface area contributed by atoms with E-state index in [0.717, 1.165) is 6.20 Å². The van der Waals surface area contributed by atoms with Crippen LogP contribution >= 0.6 is 15.9 Å². The van der Waals surface area contributed by atoms with Gasteiger partial charge in [0, 0.05) is 11.5 Å². The highest BCUT2D eigenvalue weighted by molar-refractivity contribution is 9.08. The molecule has 1 rings (SSSR count). The van der Waals surface area contributed by atoms with Crippen LogP contribution < -0.4 is 0 Å². The van der Waals surface area contributed by atoms with Crippen LogP contribution in [0.1, 0.15) is 28.0 Å². The first kappa shape index (κ1) is 12.0. The number of carbonyl (C=O) groups excluding carboxylic acids is 1. The fourth-order valence-electron chi connectivity index (χ4n) is 1.04. The summed E-state index contributed by atoms with van der Waals surface area (Å²) in [5, 5.41) is 0.291. The van der Waals surface area contributed by atoms with Gasteiger partial charge < -0.3 is 4.74 Å². The zero-order chi connectivity index (χ0) is 11.4. The van der Waals surface area contributed by atoms with Gasteiger partial charge in [0.25, 0.3) is 6.43 Å². The van der Waals surface area contributed by atoms with Gasteiger partial charge in [-0.05, 0) is 11.6 Å². The van der Waals surface area contributed by atoms with Gasteiger partial charge in [-0.1, -0.05) is 15.9 Å². The van der Waals surface area contributed by atoms with E-state index in [4.69, 9.17) is 0 Å². The second-order valence-corrected chi connectivity index (χ2v) is 3.25. The number of carbonyl (C=O) groups is 1. The average Bonchev–Trinajstić information content (AvgIpc) is 2.27. The first-order valence-corrected chi connectivity index (χ1v) is 5.13. The van der Waals surface area contributed by atoms with E-state index < -0.39 is 12.4 Å². The molecule has 0 bridgehead atoms. The van der Waals surface area contributed by atoms with Crippen LogP contribution in [0.3, 0.4) is 0 Å². The third kappa shape index (κ3) is 2.71. The van der Waals surface area contributed by atoms with Gasteiger partial charge in [-0.15, -0.1) is 0 Å². The van der Waals surface area contributed by atoms with Gasteiger partial charge in [0.05, 0.1) is 12.7 Å². The molecule has 0 aromatic carbocycles. The molecule has 0 atom stereocenters. The molecule has 82 valence electrons. The molecule has 3 nitrogen and oxygen atoms in total. The maximum atomic E-state index is 12.3. The van der Waals surface area contributed by atoms with E-state index in [-0.39, 0.29) is 11.3 Å². The quantitative estimate of drug-likeness (QED) is 0.631. The van der Waals surface area contributed by atoms with Gasteiger partial charge in [-0.3, -0.25) is 4.98 Å². The number of rotatable bonds is 3. The Hall–Kier alpha value is -1.04. The van der Waals surface area contributed by atoms with Crippen molar-refractivity contribution in [1.82, 2.24) is 4.98 Å². The Morgan fingerprint density at radius 1 is 1.67 bits per heavy atom. The fraction of sp³-hybridized carbons (Fsp3) is 0.333. The minimum absolute atomic E-state index is 0.193. The smallest absolute Gasteiger partial charge is 0.339 e. The van der Waals surface area contributed by atoms with Crippen molar-refractivity contribution in [2.24, 2.45) is 0 Å². The topological polar surface area (TPSA) is 39.2 Å². The van der Waals surface area contributed by atoms with Gasteiger partial charge in [-0.2, -0.15) is 0 Å². The molecule has 6 heteroatoms. The van der Waals surface area contributed by atoms with Crippen molar-refractivity contribution in [3.63, 3.8) is 0 Å². The molecule has 0 aliphatic rings. The predicted molar refractivity (Wildman–Crippen MR) is 53.2 cm³/mol. The molecule has 0 saturated carbocycles. The number of esters is 1. The van der Waals surface area contributed by atoms with Gasteiger partial charge in [0.1, 0.15) is 5.69 Å². The van der Waals surface area contributed by atoms with Gasteiger partial charge in [0.2, 0.25) is 0 Å². The van der Waals surface area contributed by atoms with Crippen LogP contribution in [0, 0.1) is 0 Å². The van der Waals surface area contributed by atoms with Crippen LogP contribution in [-0.2, 0) is 10.1 Å². The summed E-state index contributed by atoms with van der Waals surface area (Å²) >= 11 is 3.11. The number of pyridine rings is 1. The summed E-state index contributed by atoms with van der Waals surface area (Å²) in [6.07, 6.45) is -1.54. The third-order valence-corrected chi connectivity index (χ3v) is 2.39. The number of halogens is 3. The van der Waals surface area contributed by atoms with Gasteiger partial charge in [-0.25, -0.2) is 13.6 Å². The Kier molecular flexibility index (Phi) is 4.14. The fourth-order valence-corrected chi connectivity index (χ4v) is 1.50. The molecule has 15 heavy (non-hydrogen) atoms. The van der Waals surface area contributed by atoms with Gasteiger partial charge >= 0.3 is 5.97 Å². The van der Waals surface area contributed by atoms with Crippen molar-refractivity contribution in [1.29, 1.82) is 0 Å². The number of hydrogen-bond acceptors (Lipinski definition) is 3. The lowest BCUT2D eigenvalue weighted by molar-refractivity contribution is 0.0598. The lowest BCUT2D eigenvalue weighted by atomic mass is 10.1. The normalized spacial score (nSPS) is 10.5. The van der Waals surface area contributed by atoms with Crippen LogP contribution in [0.4, 0.5) is 8.78 Å². The number of ether oxygens (including phenoxy) is 1. The maximum Gasteiger partial charge on any atom is 0.339 e. The van der Waals surface area contributed by atoms with Crippen molar-refractivity contribution >= 4 is 21.9 Å².